The largest absolute Gasteiger partial charge is 0.476 e. The van der Waals surface area contributed by atoms with Crippen LogP contribution in [0.15, 0.2) is 58.3 Å². The number of aliphatic carboxylic acids is 1. The molecule has 0 aromatic heterocycles. The Bertz CT molecular complexity index is 1340. The minimum absolute atomic E-state index is 0.0491. The molecule has 8 nitrogen and oxygen atoms in total. The van der Waals surface area contributed by atoms with E-state index in [1.165, 1.54) is 17.8 Å². The van der Waals surface area contributed by atoms with Crippen LogP contribution in [0, 0.1) is 11.3 Å². The van der Waals surface area contributed by atoms with Crippen LogP contribution in [0.4, 0.5) is 21.5 Å². The van der Waals surface area contributed by atoms with Crippen molar-refractivity contribution < 1.29 is 32.9 Å². The summed E-state index contributed by atoms with van der Waals surface area (Å²) in [4.78, 5) is 26.8. The maximum atomic E-state index is 13.8. The van der Waals surface area contributed by atoms with Crippen LogP contribution < -0.4 is 15.0 Å². The van der Waals surface area contributed by atoms with Gasteiger partial charge in [0.05, 0.1) is 15.5 Å². The van der Waals surface area contributed by atoms with Gasteiger partial charge in [-0.05, 0) is 62.3 Å². The first-order valence-corrected chi connectivity index (χ1v) is 18.4. The van der Waals surface area contributed by atoms with E-state index in [9.17, 15) is 23.1 Å². The summed E-state index contributed by atoms with van der Waals surface area (Å²) >= 11 is 1.33. The maximum absolute atomic E-state index is 13.8. The Labute approximate surface area is 265 Å². The summed E-state index contributed by atoms with van der Waals surface area (Å²) in [6.07, 6.45) is 11.8. The van der Waals surface area contributed by atoms with Crippen molar-refractivity contribution in [1.29, 1.82) is 0 Å². The number of nitrogens with one attached hydrogen (secondary N) is 1. The number of benzene rings is 2. The zero-order chi connectivity index (χ0) is 31.9. The number of rotatable bonds is 13. The molecule has 0 bridgehead atoms. The van der Waals surface area contributed by atoms with E-state index < -0.39 is 27.8 Å². The number of carbonyl (C=O) groups excluding carboxylic acids is 1. The second-order valence-corrected chi connectivity index (χ2v) is 14.9. The van der Waals surface area contributed by atoms with Gasteiger partial charge in [0.25, 0.3) is 0 Å². The number of hydrogen-bond donors (Lipinski definition) is 4. The minimum Gasteiger partial charge on any atom is -0.476 e. The summed E-state index contributed by atoms with van der Waals surface area (Å²) in [5.74, 6) is -2.79. The summed E-state index contributed by atoms with van der Waals surface area (Å²) in [5, 5.41) is 12.0. The third-order valence-corrected chi connectivity index (χ3v) is 11.5. The number of amides is 1. The molecule has 0 saturated heterocycles. The lowest BCUT2D eigenvalue weighted by atomic mass is 9.79. The third-order valence-electron chi connectivity index (χ3n) is 8.68. The molecule has 11 heteroatoms. The number of ether oxygens (including phenoxy) is 1. The Morgan fingerprint density at radius 3 is 2.32 bits per heavy atom. The molecule has 1 saturated carbocycles. The van der Waals surface area contributed by atoms with Crippen molar-refractivity contribution in [3.63, 3.8) is 0 Å². The van der Waals surface area contributed by atoms with Crippen LogP contribution >= 0.6 is 22.4 Å². The van der Waals surface area contributed by atoms with E-state index in [1.54, 1.807) is 0 Å². The Hall–Kier alpha value is -2.73. The van der Waals surface area contributed by atoms with Crippen LogP contribution in [0.25, 0.3) is 0 Å². The molecular formula is C33H45FN2O6S2. The number of halogens is 1. The van der Waals surface area contributed by atoms with E-state index in [1.807, 2.05) is 36.6 Å². The van der Waals surface area contributed by atoms with Gasteiger partial charge in [0, 0.05) is 41.1 Å². The molecule has 2 aromatic carbocycles. The predicted octanol–water partition coefficient (Wildman–Crippen LogP) is 9.44. The van der Waals surface area contributed by atoms with Gasteiger partial charge in [0.1, 0.15) is 12.0 Å². The minimum atomic E-state index is -3.34. The Morgan fingerprint density at radius 2 is 1.75 bits per heavy atom. The first-order valence-electron chi connectivity index (χ1n) is 15.4. The number of nitrogens with zero attached hydrogens (tertiary/aromatic N) is 1. The monoisotopic (exact) mass is 648 g/mol. The van der Waals surface area contributed by atoms with E-state index >= 15 is 0 Å². The van der Waals surface area contributed by atoms with Crippen molar-refractivity contribution in [3.05, 3.63) is 48.5 Å². The van der Waals surface area contributed by atoms with Gasteiger partial charge in [-0.25, -0.2) is 4.79 Å². The smallest absolute Gasteiger partial charge is 0.368 e. The van der Waals surface area contributed by atoms with Gasteiger partial charge in [0.15, 0.2) is 0 Å². The van der Waals surface area contributed by atoms with Gasteiger partial charge < -0.3 is 20.1 Å². The van der Waals surface area contributed by atoms with E-state index in [2.05, 4.69) is 24.1 Å². The number of carboxylic acids is 1. The summed E-state index contributed by atoms with van der Waals surface area (Å²) in [6, 6.07) is 11.0. The molecule has 0 atom stereocenters. The number of carboxylic acid groups (broad SMARTS) is 1. The van der Waals surface area contributed by atoms with Gasteiger partial charge in [-0.15, -0.1) is 11.8 Å². The lowest BCUT2D eigenvalue weighted by Gasteiger charge is -2.42. The van der Waals surface area contributed by atoms with Crippen LogP contribution in [0.1, 0.15) is 78.1 Å². The molecule has 4 rings (SSSR count). The predicted molar refractivity (Wildman–Crippen MR) is 177 cm³/mol. The second kappa shape index (κ2) is 15.0. The quantitative estimate of drug-likeness (QED) is 0.0964. The topological polar surface area (TPSA) is 119 Å². The molecule has 1 heterocycles. The SMILES string of the molecule is CCCCC1(CCCC)CN(c2ccc(NC(=O)C3CCCC3)cc2)c2cc(SC)c(OC=C(F)C(=O)O)cc2S(O)(O)C1. The summed E-state index contributed by atoms with van der Waals surface area (Å²) < 4.78 is 42.9. The fourth-order valence-corrected chi connectivity index (χ4v) is 9.04. The molecule has 242 valence electrons. The molecule has 2 aliphatic rings. The fourth-order valence-electron chi connectivity index (χ4n) is 6.31. The van der Waals surface area contributed by atoms with Crippen molar-refractivity contribution in [2.45, 2.75) is 87.8 Å². The average Bonchev–Trinajstić information content (AvgIpc) is 3.53. The highest BCUT2D eigenvalue weighted by Gasteiger charge is 2.42. The molecule has 0 spiro atoms. The van der Waals surface area contributed by atoms with Gasteiger partial charge in [0.2, 0.25) is 11.7 Å². The Kier molecular flexibility index (Phi) is 11.7. The lowest BCUT2D eigenvalue weighted by Crippen LogP contribution is -2.37. The molecule has 0 unspecified atom stereocenters. The zero-order valence-corrected chi connectivity index (χ0v) is 27.4. The molecule has 1 amide bonds. The van der Waals surface area contributed by atoms with Crippen molar-refractivity contribution in [2.24, 2.45) is 11.3 Å². The highest BCUT2D eigenvalue weighted by molar-refractivity contribution is 8.24. The number of anilines is 3. The molecule has 2 aromatic rings. The van der Waals surface area contributed by atoms with E-state index in [4.69, 9.17) is 9.84 Å². The van der Waals surface area contributed by atoms with Gasteiger partial charge >= 0.3 is 5.97 Å². The first kappa shape index (κ1) is 34.1. The number of carbonyl (C=O) groups is 2. The number of fused-ring (bicyclic) bond motifs is 1. The zero-order valence-electron chi connectivity index (χ0n) is 25.8. The number of thioether (sulfide) groups is 1. The standard InChI is InChI=1S/C33H45FN2O6S2/c1-4-6-16-33(17-7-5-2)21-36(25-14-12-24(13-15-25)35-31(37)23-10-8-9-11-23)27-18-29(43-3)28(42-20-26(34)32(38)39)19-30(27)44(40,41)22-33/h12-15,18-20,23,40-41H,4-11,16-17,21-22H2,1-3H3,(H,35,37)(H,38,39). The average molecular weight is 649 g/mol. The van der Waals surface area contributed by atoms with E-state index in [0.29, 0.717) is 29.1 Å². The molecular weight excluding hydrogens is 604 g/mol. The van der Waals surface area contributed by atoms with E-state index in [-0.39, 0.29) is 28.2 Å². The van der Waals surface area contributed by atoms with Crippen LogP contribution in [0.2, 0.25) is 0 Å². The number of hydrogen-bond acceptors (Lipinski definition) is 7. The van der Waals surface area contributed by atoms with Crippen LogP contribution in [0.3, 0.4) is 0 Å². The third kappa shape index (κ3) is 8.10. The molecule has 1 fully saturated rings. The summed E-state index contributed by atoms with van der Waals surface area (Å²) in [7, 11) is -3.34. The number of unbranched alkanes of at least 4 members (excludes halogenated alkanes) is 2. The molecule has 0 radical (unpaired) electrons. The summed E-state index contributed by atoms with van der Waals surface area (Å²) in [6.45, 7) is 4.82. The highest BCUT2D eigenvalue weighted by Crippen LogP contribution is 2.62. The molecule has 4 N–H and O–H groups in total. The first-order chi connectivity index (χ1) is 21.0. The summed E-state index contributed by atoms with van der Waals surface area (Å²) in [5.41, 5.74) is 1.78. The van der Waals surface area contributed by atoms with Crippen molar-refractivity contribution in [3.8, 4) is 5.75 Å². The van der Waals surface area contributed by atoms with Crippen molar-refractivity contribution in [1.82, 2.24) is 0 Å². The van der Waals surface area contributed by atoms with Crippen LogP contribution in [0.5, 0.6) is 5.75 Å². The van der Waals surface area contributed by atoms with Gasteiger partial charge in [-0.2, -0.15) is 15.0 Å². The lowest BCUT2D eigenvalue weighted by molar-refractivity contribution is -0.134. The molecule has 1 aliphatic carbocycles. The molecule has 44 heavy (non-hydrogen) atoms. The van der Waals surface area contributed by atoms with Crippen molar-refractivity contribution in [2.75, 3.05) is 28.8 Å². The van der Waals surface area contributed by atoms with Crippen LogP contribution in [-0.4, -0.2) is 44.6 Å². The second-order valence-electron chi connectivity index (χ2n) is 12.0. The van der Waals surface area contributed by atoms with Gasteiger partial charge in [-0.3, -0.25) is 13.9 Å². The Balaban J connectivity index is 1.80. The maximum Gasteiger partial charge on any atom is 0.368 e. The van der Waals surface area contributed by atoms with Crippen LogP contribution in [-0.2, 0) is 9.59 Å². The normalized spacial score (nSPS) is 18.8. The van der Waals surface area contributed by atoms with Crippen molar-refractivity contribution >= 4 is 51.3 Å². The fraction of sp³-hybridized carbons (Fsp3) is 0.515. The Morgan fingerprint density at radius 1 is 1.11 bits per heavy atom. The highest BCUT2D eigenvalue weighted by atomic mass is 32.3. The van der Waals surface area contributed by atoms with E-state index in [0.717, 1.165) is 69.9 Å². The van der Waals surface area contributed by atoms with Gasteiger partial charge in [-0.1, -0.05) is 52.4 Å². The molecule has 1 aliphatic heterocycles.